The van der Waals surface area contributed by atoms with Gasteiger partial charge in [0, 0.05) is 11.3 Å². The monoisotopic (exact) mass is 276 g/mol. The van der Waals surface area contributed by atoms with E-state index in [0.29, 0.717) is 18.1 Å². The molecule has 0 heterocycles. The third kappa shape index (κ3) is 5.87. The summed E-state index contributed by atoms with van der Waals surface area (Å²) in [4.78, 5) is 11.9. The number of hydrazone groups is 1. The molecule has 0 unspecified atom stereocenters. The van der Waals surface area contributed by atoms with Crippen molar-refractivity contribution in [2.45, 2.75) is 40.5 Å². The Bertz CT molecular complexity index is 450. The molecule has 0 aliphatic carbocycles. The van der Waals surface area contributed by atoms with Gasteiger partial charge in [-0.1, -0.05) is 27.2 Å². The number of nitrogens with zero attached hydrogens (tertiary/aromatic N) is 1. The Morgan fingerprint density at radius 2 is 1.95 bits per heavy atom. The molecule has 1 aromatic rings. The zero-order chi connectivity index (χ0) is 15.0. The van der Waals surface area contributed by atoms with Crippen molar-refractivity contribution in [3.8, 4) is 5.75 Å². The van der Waals surface area contributed by atoms with Gasteiger partial charge in [0.2, 0.25) is 0 Å². The average molecular weight is 276 g/mol. The fourth-order valence-electron chi connectivity index (χ4n) is 1.59. The van der Waals surface area contributed by atoms with Crippen LogP contribution in [-0.2, 0) is 0 Å². The molecule has 4 nitrogen and oxygen atoms in total. The number of carbonyl (C=O) groups excluding carboxylic acids is 1. The molecular weight excluding hydrogens is 252 g/mol. The molecule has 0 fully saturated rings. The first kappa shape index (κ1) is 16.2. The summed E-state index contributed by atoms with van der Waals surface area (Å²) < 4.78 is 5.57. The first-order chi connectivity index (χ1) is 9.52. The Balaban J connectivity index is 2.55. The van der Waals surface area contributed by atoms with Crippen LogP contribution in [0.5, 0.6) is 5.75 Å². The summed E-state index contributed by atoms with van der Waals surface area (Å²) in [6.07, 6.45) is 1.91. The quantitative estimate of drug-likeness (QED) is 0.610. The van der Waals surface area contributed by atoms with E-state index < -0.39 is 0 Å². The van der Waals surface area contributed by atoms with Gasteiger partial charge in [0.1, 0.15) is 5.75 Å². The highest BCUT2D eigenvalue weighted by Crippen LogP contribution is 2.13. The van der Waals surface area contributed by atoms with Crippen LogP contribution in [0.2, 0.25) is 0 Å². The second-order valence-electron chi connectivity index (χ2n) is 5.27. The fraction of sp³-hybridized carbons (Fsp3) is 0.500. The van der Waals surface area contributed by atoms with Crippen LogP contribution in [0.25, 0.3) is 0 Å². The Hall–Kier alpha value is -1.84. The maximum absolute atomic E-state index is 11.9. The van der Waals surface area contributed by atoms with E-state index >= 15 is 0 Å². The van der Waals surface area contributed by atoms with Crippen molar-refractivity contribution in [1.82, 2.24) is 5.43 Å². The fourth-order valence-corrected chi connectivity index (χ4v) is 1.59. The van der Waals surface area contributed by atoms with E-state index in [1.807, 2.05) is 6.92 Å². The Morgan fingerprint density at radius 1 is 1.30 bits per heavy atom. The van der Waals surface area contributed by atoms with E-state index in [4.69, 9.17) is 4.74 Å². The lowest BCUT2D eigenvalue weighted by Gasteiger charge is -2.09. The second kappa shape index (κ2) is 8.35. The molecule has 1 aromatic carbocycles. The lowest BCUT2D eigenvalue weighted by molar-refractivity contribution is 0.0954. The van der Waals surface area contributed by atoms with E-state index in [1.165, 1.54) is 0 Å². The molecule has 1 rings (SSSR count). The van der Waals surface area contributed by atoms with Crippen molar-refractivity contribution in [2.24, 2.45) is 11.0 Å². The molecule has 1 N–H and O–H groups in total. The van der Waals surface area contributed by atoms with Crippen molar-refractivity contribution in [3.63, 3.8) is 0 Å². The van der Waals surface area contributed by atoms with Crippen LogP contribution in [-0.4, -0.2) is 18.2 Å². The molecule has 0 atom stereocenters. The molecule has 20 heavy (non-hydrogen) atoms. The van der Waals surface area contributed by atoms with Gasteiger partial charge in [-0.15, -0.1) is 0 Å². The number of rotatable bonds is 7. The van der Waals surface area contributed by atoms with Crippen molar-refractivity contribution in [3.05, 3.63) is 29.8 Å². The molecule has 110 valence electrons. The molecule has 0 radical (unpaired) electrons. The molecule has 0 aliphatic heterocycles. The largest absolute Gasteiger partial charge is 0.493 e. The Labute approximate surface area is 121 Å². The van der Waals surface area contributed by atoms with E-state index in [0.717, 1.165) is 24.3 Å². The molecule has 0 saturated heterocycles. The standard InChI is InChI=1S/C16H24N2O2/c1-5-6-13(4)17-18-16(19)14-7-9-15(10-8-14)20-11-12(2)3/h7-10,12H,5-6,11H2,1-4H3,(H,18,19)/b17-13+. The minimum absolute atomic E-state index is 0.198. The highest BCUT2D eigenvalue weighted by molar-refractivity contribution is 5.95. The predicted octanol–water partition coefficient (Wildman–Crippen LogP) is 3.63. The number of ether oxygens (including phenoxy) is 1. The predicted molar refractivity (Wildman–Crippen MR) is 82.3 cm³/mol. The maximum atomic E-state index is 11.9. The van der Waals surface area contributed by atoms with Gasteiger partial charge in [-0.25, -0.2) is 5.43 Å². The normalized spacial score (nSPS) is 11.6. The zero-order valence-corrected chi connectivity index (χ0v) is 12.8. The second-order valence-corrected chi connectivity index (χ2v) is 5.27. The summed E-state index contributed by atoms with van der Waals surface area (Å²) in [7, 11) is 0. The van der Waals surface area contributed by atoms with Gasteiger partial charge in [0.05, 0.1) is 6.61 Å². The Morgan fingerprint density at radius 3 is 2.50 bits per heavy atom. The van der Waals surface area contributed by atoms with E-state index in [1.54, 1.807) is 24.3 Å². The SMILES string of the molecule is CCC/C(C)=N/NC(=O)c1ccc(OCC(C)C)cc1. The zero-order valence-electron chi connectivity index (χ0n) is 12.8. The van der Waals surface area contributed by atoms with Gasteiger partial charge >= 0.3 is 0 Å². The number of carbonyl (C=O) groups is 1. The van der Waals surface area contributed by atoms with Crippen LogP contribution in [0, 0.1) is 5.92 Å². The molecule has 0 aliphatic rings. The summed E-state index contributed by atoms with van der Waals surface area (Å²) >= 11 is 0. The van der Waals surface area contributed by atoms with Gasteiger partial charge in [-0.2, -0.15) is 5.10 Å². The van der Waals surface area contributed by atoms with Crippen LogP contribution < -0.4 is 10.2 Å². The number of hydrogen-bond donors (Lipinski definition) is 1. The number of amides is 1. The first-order valence-electron chi connectivity index (χ1n) is 7.09. The average Bonchev–Trinajstić information content (AvgIpc) is 2.43. The minimum Gasteiger partial charge on any atom is -0.493 e. The van der Waals surface area contributed by atoms with Crippen LogP contribution in [0.1, 0.15) is 50.9 Å². The molecule has 0 spiro atoms. The number of benzene rings is 1. The highest BCUT2D eigenvalue weighted by atomic mass is 16.5. The van der Waals surface area contributed by atoms with Gasteiger partial charge in [-0.05, 0) is 43.5 Å². The molecule has 0 saturated carbocycles. The van der Waals surface area contributed by atoms with Crippen molar-refractivity contribution < 1.29 is 9.53 Å². The number of hydrogen-bond acceptors (Lipinski definition) is 3. The number of nitrogens with one attached hydrogen (secondary N) is 1. The summed E-state index contributed by atoms with van der Waals surface area (Å²) in [5.74, 6) is 1.06. The first-order valence-corrected chi connectivity index (χ1v) is 7.09. The molecule has 4 heteroatoms. The van der Waals surface area contributed by atoms with Gasteiger partial charge in [0.15, 0.2) is 0 Å². The van der Waals surface area contributed by atoms with E-state index in [9.17, 15) is 4.79 Å². The van der Waals surface area contributed by atoms with Crippen LogP contribution in [0.4, 0.5) is 0 Å². The third-order valence-corrected chi connectivity index (χ3v) is 2.66. The lowest BCUT2D eigenvalue weighted by Crippen LogP contribution is -2.19. The maximum Gasteiger partial charge on any atom is 0.271 e. The summed E-state index contributed by atoms with van der Waals surface area (Å²) in [6.45, 7) is 8.85. The molecule has 0 aromatic heterocycles. The highest BCUT2D eigenvalue weighted by Gasteiger charge is 2.05. The Kier molecular flexibility index (Phi) is 6.77. The summed E-state index contributed by atoms with van der Waals surface area (Å²) in [6, 6.07) is 7.10. The van der Waals surface area contributed by atoms with E-state index in [2.05, 4.69) is 31.3 Å². The van der Waals surface area contributed by atoms with Crippen molar-refractivity contribution in [2.75, 3.05) is 6.61 Å². The van der Waals surface area contributed by atoms with Crippen LogP contribution in [0.3, 0.4) is 0 Å². The molecular formula is C16H24N2O2. The van der Waals surface area contributed by atoms with Gasteiger partial charge < -0.3 is 4.74 Å². The summed E-state index contributed by atoms with van der Waals surface area (Å²) in [5, 5.41) is 4.06. The minimum atomic E-state index is -0.198. The molecule has 0 bridgehead atoms. The van der Waals surface area contributed by atoms with E-state index in [-0.39, 0.29) is 5.91 Å². The molecule has 1 amide bonds. The topological polar surface area (TPSA) is 50.7 Å². The van der Waals surface area contributed by atoms with Crippen LogP contribution >= 0.6 is 0 Å². The van der Waals surface area contributed by atoms with Crippen molar-refractivity contribution >= 4 is 11.6 Å². The lowest BCUT2D eigenvalue weighted by atomic mass is 10.2. The van der Waals surface area contributed by atoms with Gasteiger partial charge in [-0.3, -0.25) is 4.79 Å². The summed E-state index contributed by atoms with van der Waals surface area (Å²) in [5.41, 5.74) is 4.07. The third-order valence-electron chi connectivity index (χ3n) is 2.66. The van der Waals surface area contributed by atoms with Gasteiger partial charge in [0.25, 0.3) is 5.91 Å². The smallest absolute Gasteiger partial charge is 0.271 e. The van der Waals surface area contributed by atoms with Crippen molar-refractivity contribution in [1.29, 1.82) is 0 Å². The van der Waals surface area contributed by atoms with Crippen LogP contribution in [0.15, 0.2) is 29.4 Å².